The van der Waals surface area contributed by atoms with Crippen molar-refractivity contribution >= 4 is 58.3 Å². The van der Waals surface area contributed by atoms with Gasteiger partial charge in [-0.2, -0.15) is 0 Å². The Morgan fingerprint density at radius 1 is 1.10 bits per heavy atom. The van der Waals surface area contributed by atoms with Gasteiger partial charge in [0.15, 0.2) is 5.70 Å². The molecule has 0 radical (unpaired) electrons. The summed E-state index contributed by atoms with van der Waals surface area (Å²) in [5, 5.41) is 15.0. The Kier molecular flexibility index (Phi) is 7.91. The molecular formula is C26H22N4O6S3. The van der Waals surface area contributed by atoms with Crippen molar-refractivity contribution in [2.75, 3.05) is 0 Å². The lowest BCUT2D eigenvalue weighted by Crippen LogP contribution is -2.71. The van der Waals surface area contributed by atoms with Crippen LogP contribution in [0.2, 0.25) is 0 Å². The zero-order valence-electron chi connectivity index (χ0n) is 20.2. The van der Waals surface area contributed by atoms with Crippen LogP contribution in [0, 0.1) is 10.1 Å². The molecule has 200 valence electrons. The van der Waals surface area contributed by atoms with Crippen LogP contribution in [0.3, 0.4) is 0 Å². The van der Waals surface area contributed by atoms with Crippen LogP contribution in [0.1, 0.15) is 10.4 Å². The van der Waals surface area contributed by atoms with Crippen LogP contribution in [-0.2, 0) is 32.1 Å². The van der Waals surface area contributed by atoms with Crippen molar-refractivity contribution in [3.05, 3.63) is 104 Å². The Morgan fingerprint density at radius 2 is 1.85 bits per heavy atom. The van der Waals surface area contributed by atoms with E-state index in [9.17, 15) is 24.5 Å². The number of thioether (sulfide) groups is 2. The summed E-state index contributed by atoms with van der Waals surface area (Å²) in [7, 11) is 0. The molecule has 2 aliphatic heterocycles. The molecule has 5 rings (SSSR count). The molecule has 39 heavy (non-hydrogen) atoms. The van der Waals surface area contributed by atoms with E-state index < -0.39 is 32.8 Å². The third-order valence-corrected chi connectivity index (χ3v) is 9.78. The van der Waals surface area contributed by atoms with Crippen LogP contribution < -0.4 is 11.1 Å². The molecule has 1 unspecified atom stereocenters. The quantitative estimate of drug-likeness (QED) is 0.167. The number of benzene rings is 2. The van der Waals surface area contributed by atoms with Gasteiger partial charge < -0.3 is 15.8 Å². The monoisotopic (exact) mass is 582 g/mol. The van der Waals surface area contributed by atoms with E-state index in [0.717, 1.165) is 9.77 Å². The lowest BCUT2D eigenvalue weighted by atomic mass is 10.0. The highest BCUT2D eigenvalue weighted by Gasteiger charge is 2.56. The highest BCUT2D eigenvalue weighted by Crippen LogP contribution is 2.48. The third kappa shape index (κ3) is 5.79. The normalized spacial score (nSPS) is 20.2. The second-order valence-electron chi connectivity index (χ2n) is 8.60. The van der Waals surface area contributed by atoms with Gasteiger partial charge in [-0.15, -0.1) is 34.9 Å². The lowest BCUT2D eigenvalue weighted by Gasteiger charge is -2.50. The number of thiophene rings is 1. The van der Waals surface area contributed by atoms with E-state index in [0.29, 0.717) is 5.56 Å². The predicted molar refractivity (Wildman–Crippen MR) is 148 cm³/mol. The lowest BCUT2D eigenvalue weighted by molar-refractivity contribution is -0.384. The minimum Gasteiger partial charge on any atom is -0.456 e. The van der Waals surface area contributed by atoms with Gasteiger partial charge in [0, 0.05) is 21.9 Å². The van der Waals surface area contributed by atoms with E-state index in [2.05, 4.69) is 5.32 Å². The van der Waals surface area contributed by atoms with E-state index in [4.69, 9.17) is 10.5 Å². The van der Waals surface area contributed by atoms with Crippen molar-refractivity contribution in [1.29, 1.82) is 0 Å². The van der Waals surface area contributed by atoms with Gasteiger partial charge >= 0.3 is 5.97 Å². The first-order valence-corrected chi connectivity index (χ1v) is 14.4. The molecule has 2 aromatic carbocycles. The minimum atomic E-state index is -0.813. The maximum absolute atomic E-state index is 13.3. The number of nitrogens with one attached hydrogen (secondary N) is 1. The van der Waals surface area contributed by atoms with Crippen molar-refractivity contribution in [2.45, 2.75) is 33.9 Å². The van der Waals surface area contributed by atoms with Crippen molar-refractivity contribution in [3.8, 4) is 0 Å². The highest BCUT2D eigenvalue weighted by atomic mass is 32.2. The van der Waals surface area contributed by atoms with Gasteiger partial charge in [0.1, 0.15) is 18.0 Å². The van der Waals surface area contributed by atoms with Crippen molar-refractivity contribution in [2.24, 2.45) is 5.73 Å². The zero-order chi connectivity index (χ0) is 27.5. The fraction of sp³-hybridized carbons (Fsp3) is 0.192. The molecule has 3 heterocycles. The van der Waals surface area contributed by atoms with Gasteiger partial charge in [0.2, 0.25) is 5.91 Å². The summed E-state index contributed by atoms with van der Waals surface area (Å²) in [6.45, 7) is -0.162. The molecule has 0 bridgehead atoms. The summed E-state index contributed by atoms with van der Waals surface area (Å²) in [6.07, 6.45) is 0.156. The molecule has 1 aromatic heterocycles. The van der Waals surface area contributed by atoms with E-state index >= 15 is 0 Å². The van der Waals surface area contributed by atoms with Gasteiger partial charge in [0.25, 0.3) is 11.6 Å². The number of ether oxygens (including phenoxy) is 1. The summed E-state index contributed by atoms with van der Waals surface area (Å²) in [4.78, 5) is 52.5. The summed E-state index contributed by atoms with van der Waals surface area (Å²) in [6, 6.07) is 18.0. The maximum atomic E-state index is 13.3. The molecule has 0 spiro atoms. The molecule has 1 saturated heterocycles. The van der Waals surface area contributed by atoms with Gasteiger partial charge in [-0.05, 0) is 41.3 Å². The number of nitro groups is 1. The average Bonchev–Trinajstić information content (AvgIpc) is 3.45. The fourth-order valence-electron chi connectivity index (χ4n) is 4.08. The van der Waals surface area contributed by atoms with Crippen LogP contribution in [0.5, 0.6) is 0 Å². The Labute approximate surface area is 235 Å². The second-order valence-corrected chi connectivity index (χ2v) is 12.3. The molecule has 10 nitrogen and oxygen atoms in total. The molecule has 1 fully saturated rings. The molecule has 13 heteroatoms. The summed E-state index contributed by atoms with van der Waals surface area (Å²) in [5.74, 6) is -1.51. The number of β-lactam (4-membered cyclic amide) rings is 1. The van der Waals surface area contributed by atoms with Gasteiger partial charge in [-0.25, -0.2) is 4.79 Å². The number of nitrogens with two attached hydrogens (primary N) is 1. The number of nitrogens with zero attached hydrogens (tertiary/aromatic N) is 2. The van der Waals surface area contributed by atoms with Gasteiger partial charge in [-0.1, -0.05) is 24.3 Å². The number of hydrogen-bond acceptors (Lipinski definition) is 10. The smallest absolute Gasteiger partial charge is 0.357 e. The molecule has 0 saturated carbocycles. The fourth-order valence-corrected chi connectivity index (χ4v) is 7.67. The third-order valence-electron chi connectivity index (χ3n) is 6.00. The molecule has 2 aliphatic rings. The Bertz CT molecular complexity index is 1430. The molecule has 2 amide bonds. The maximum Gasteiger partial charge on any atom is 0.357 e. The van der Waals surface area contributed by atoms with Crippen molar-refractivity contribution in [1.82, 2.24) is 10.2 Å². The van der Waals surface area contributed by atoms with Crippen LogP contribution in [-0.4, -0.2) is 43.6 Å². The minimum absolute atomic E-state index is 0.0529. The molecular weight excluding hydrogens is 561 g/mol. The molecule has 3 atom stereocenters. The van der Waals surface area contributed by atoms with Crippen molar-refractivity contribution < 1.29 is 24.0 Å². The van der Waals surface area contributed by atoms with Crippen LogP contribution in [0.25, 0.3) is 0 Å². The number of carbonyl (C=O) groups is 3. The highest BCUT2D eigenvalue weighted by molar-refractivity contribution is 8.17. The van der Waals surface area contributed by atoms with Crippen LogP contribution in [0.4, 0.5) is 5.69 Å². The Morgan fingerprint density at radius 3 is 2.51 bits per heavy atom. The Balaban J connectivity index is 1.35. The number of hydrogen-bond donors (Lipinski definition) is 2. The van der Waals surface area contributed by atoms with E-state index in [1.54, 1.807) is 0 Å². The Hall–Kier alpha value is -3.81. The first kappa shape index (κ1) is 26.8. The number of amides is 2. The molecule has 3 N–H and O–H groups in total. The summed E-state index contributed by atoms with van der Waals surface area (Å²) < 4.78 is 5.06. The number of non-ortho nitro benzene ring substituents is 1. The first-order chi connectivity index (χ1) is 18.8. The zero-order valence-corrected chi connectivity index (χ0v) is 22.7. The average molecular weight is 583 g/mol. The largest absolute Gasteiger partial charge is 0.456 e. The van der Waals surface area contributed by atoms with E-state index in [1.807, 2.05) is 47.8 Å². The SMILES string of the molecule is NC1=C(C(=O)OCc2ccc([N+](=O)[O-])cc2)N2C(=O)[C@@H](NC(=O)Cc3cccs3)[C@@H]2SC1Sc1ccccc1. The van der Waals surface area contributed by atoms with Gasteiger partial charge in [0.05, 0.1) is 21.6 Å². The molecule has 0 aliphatic carbocycles. The van der Waals surface area contributed by atoms with Crippen LogP contribution in [0.15, 0.2) is 88.4 Å². The standard InChI is InChI=1S/C26H22N4O6S3/c27-20-22(25(33)36-14-15-8-10-16(11-9-15)30(34)35)29-23(32)21(28-19(31)13-18-7-4-12-37-18)24(29)39-26(20)38-17-5-2-1-3-6-17/h1-12,21,24,26H,13-14,27H2,(H,28,31)/t21-,24+,26?/m1/s1. The second kappa shape index (κ2) is 11.5. The summed E-state index contributed by atoms with van der Waals surface area (Å²) >= 11 is 4.28. The summed E-state index contributed by atoms with van der Waals surface area (Å²) in [5.41, 5.74) is 7.06. The van der Waals surface area contributed by atoms with E-state index in [-0.39, 0.29) is 36.0 Å². The number of fused-ring (bicyclic) bond motifs is 1. The number of esters is 1. The molecule has 3 aromatic rings. The number of nitro benzene ring substituents is 1. The number of carbonyl (C=O) groups excluding carboxylic acids is 3. The first-order valence-electron chi connectivity index (χ1n) is 11.7. The van der Waals surface area contributed by atoms with Crippen LogP contribution >= 0.6 is 34.9 Å². The topological polar surface area (TPSA) is 145 Å². The van der Waals surface area contributed by atoms with E-state index in [1.165, 1.54) is 64.0 Å². The number of rotatable bonds is 9. The van der Waals surface area contributed by atoms with Gasteiger partial charge in [-0.3, -0.25) is 24.6 Å². The van der Waals surface area contributed by atoms with Crippen molar-refractivity contribution in [3.63, 3.8) is 0 Å². The predicted octanol–water partition coefficient (Wildman–Crippen LogP) is 3.63.